The van der Waals surface area contributed by atoms with Crippen molar-refractivity contribution in [2.45, 2.75) is 13.3 Å². The van der Waals surface area contributed by atoms with Crippen LogP contribution in [0.3, 0.4) is 0 Å². The number of benzene rings is 2. The van der Waals surface area contributed by atoms with Gasteiger partial charge >= 0.3 is 0 Å². The van der Waals surface area contributed by atoms with Crippen molar-refractivity contribution < 1.29 is 14.6 Å². The number of aliphatic imine (C=N–C) groups is 1. The molecule has 1 aliphatic rings. The lowest BCUT2D eigenvalue weighted by Gasteiger charge is -2.09. The number of carbonyl (C=O) groups is 1. The van der Waals surface area contributed by atoms with Gasteiger partial charge in [-0.2, -0.15) is 0 Å². The summed E-state index contributed by atoms with van der Waals surface area (Å²) in [6.07, 6.45) is 4.00. The molecule has 0 saturated carbocycles. The average Bonchev–Trinajstić information content (AvgIpc) is 2.94. The van der Waals surface area contributed by atoms with Crippen LogP contribution in [0.5, 0.6) is 11.5 Å². The van der Waals surface area contributed by atoms with E-state index in [1.54, 1.807) is 30.2 Å². The molecule has 28 heavy (non-hydrogen) atoms. The van der Waals surface area contributed by atoms with Crippen LogP contribution < -0.4 is 4.74 Å². The number of phenols is 1. The molecule has 0 unspecified atom stereocenters. The number of hydrogen-bond acceptors (Lipinski definition) is 5. The van der Waals surface area contributed by atoms with Gasteiger partial charge < -0.3 is 9.84 Å². The Kier molecular flexibility index (Phi) is 5.90. The lowest BCUT2D eigenvalue weighted by molar-refractivity contribution is -0.121. The summed E-state index contributed by atoms with van der Waals surface area (Å²) in [7, 11) is 3.21. The molecule has 3 rings (SSSR count). The van der Waals surface area contributed by atoms with Crippen LogP contribution in [0.2, 0.25) is 0 Å². The van der Waals surface area contributed by atoms with Gasteiger partial charge in [0.2, 0.25) is 0 Å². The molecule has 144 valence electrons. The van der Waals surface area contributed by atoms with Gasteiger partial charge in [-0.25, -0.2) is 4.99 Å². The Hall–Kier alpha value is -2.99. The van der Waals surface area contributed by atoms with Crippen molar-refractivity contribution in [3.63, 3.8) is 0 Å². The zero-order chi connectivity index (χ0) is 20.3. The standard InChI is InChI=1S/C22H22N2O3S/c1-5-6-16-11-15(12-18(27-4)20(16)25)13-19-21(26)24(3)22(28-19)23-17-9-7-14(2)8-10-17/h5,7-13,25H,1,6H2,2-4H3/b19-13+,23-22?. The Morgan fingerprint density at radius 3 is 2.64 bits per heavy atom. The van der Waals surface area contributed by atoms with Gasteiger partial charge in [0.05, 0.1) is 17.7 Å². The monoisotopic (exact) mass is 394 g/mol. The number of hydrogen-bond donors (Lipinski definition) is 1. The molecular formula is C22H22N2O3S. The maximum Gasteiger partial charge on any atom is 0.266 e. The molecule has 0 spiro atoms. The third-order valence-electron chi connectivity index (χ3n) is 4.32. The Morgan fingerprint density at radius 1 is 1.29 bits per heavy atom. The minimum absolute atomic E-state index is 0.0914. The van der Waals surface area contributed by atoms with Crippen LogP contribution in [-0.2, 0) is 11.2 Å². The molecule has 0 aliphatic carbocycles. The van der Waals surface area contributed by atoms with Gasteiger partial charge in [-0.05, 0) is 61.0 Å². The van der Waals surface area contributed by atoms with Gasteiger partial charge in [-0.15, -0.1) is 6.58 Å². The fourth-order valence-electron chi connectivity index (χ4n) is 2.77. The van der Waals surface area contributed by atoms with Crippen molar-refractivity contribution in [1.82, 2.24) is 4.90 Å². The molecule has 1 fully saturated rings. The first-order valence-corrected chi connectivity index (χ1v) is 9.58. The summed E-state index contributed by atoms with van der Waals surface area (Å²) in [5, 5.41) is 10.9. The fraction of sp³-hybridized carbons (Fsp3) is 0.182. The first-order valence-electron chi connectivity index (χ1n) is 8.76. The number of phenolic OH excluding ortho intramolecular Hbond substituents is 1. The average molecular weight is 394 g/mol. The van der Waals surface area contributed by atoms with Gasteiger partial charge in [-0.3, -0.25) is 9.69 Å². The van der Waals surface area contributed by atoms with E-state index in [0.29, 0.717) is 27.8 Å². The number of amides is 1. The van der Waals surface area contributed by atoms with Gasteiger partial charge in [0, 0.05) is 12.6 Å². The van der Waals surface area contributed by atoms with Crippen LogP contribution in [-0.4, -0.2) is 35.2 Å². The number of likely N-dealkylation sites (N-methyl/N-ethyl adjacent to an activating group) is 1. The van der Waals surface area contributed by atoms with Crippen LogP contribution in [0, 0.1) is 6.92 Å². The largest absolute Gasteiger partial charge is 0.504 e. The highest BCUT2D eigenvalue weighted by molar-refractivity contribution is 8.18. The van der Waals surface area contributed by atoms with Crippen LogP contribution in [0.4, 0.5) is 5.69 Å². The van der Waals surface area contributed by atoms with E-state index >= 15 is 0 Å². The molecule has 1 heterocycles. The third-order valence-corrected chi connectivity index (χ3v) is 5.38. The van der Waals surface area contributed by atoms with E-state index in [1.165, 1.54) is 18.9 Å². The Morgan fingerprint density at radius 2 is 2.00 bits per heavy atom. The summed E-state index contributed by atoms with van der Waals surface area (Å²) in [6.45, 7) is 5.73. The highest BCUT2D eigenvalue weighted by Gasteiger charge is 2.30. The number of ether oxygens (including phenoxy) is 1. The number of nitrogens with zero attached hydrogens (tertiary/aromatic N) is 2. The SMILES string of the molecule is C=CCc1cc(/C=C2/SC(=Nc3ccc(C)cc3)N(C)C2=O)cc(OC)c1O. The summed E-state index contributed by atoms with van der Waals surface area (Å²) in [5.41, 5.74) is 3.42. The van der Waals surface area contributed by atoms with Crippen molar-refractivity contribution in [3.05, 3.63) is 70.6 Å². The predicted octanol–water partition coefficient (Wildman–Crippen LogP) is 4.67. The topological polar surface area (TPSA) is 62.1 Å². The minimum Gasteiger partial charge on any atom is -0.504 e. The van der Waals surface area contributed by atoms with Crippen molar-refractivity contribution in [3.8, 4) is 11.5 Å². The number of thioether (sulfide) groups is 1. The Bertz CT molecular complexity index is 978. The quantitative estimate of drug-likeness (QED) is 0.591. The van der Waals surface area contributed by atoms with Crippen molar-refractivity contribution in [1.29, 1.82) is 0 Å². The first kappa shape index (κ1) is 19.8. The number of aromatic hydroxyl groups is 1. The maximum atomic E-state index is 12.7. The van der Waals surface area contributed by atoms with Gasteiger partial charge in [-0.1, -0.05) is 23.8 Å². The second-order valence-electron chi connectivity index (χ2n) is 6.43. The second-order valence-corrected chi connectivity index (χ2v) is 7.44. The minimum atomic E-state index is -0.117. The lowest BCUT2D eigenvalue weighted by atomic mass is 10.1. The molecule has 0 radical (unpaired) electrons. The molecule has 0 bridgehead atoms. The zero-order valence-electron chi connectivity index (χ0n) is 16.1. The molecule has 5 nitrogen and oxygen atoms in total. The van der Waals surface area contributed by atoms with E-state index in [4.69, 9.17) is 4.74 Å². The van der Waals surface area contributed by atoms with E-state index in [-0.39, 0.29) is 11.7 Å². The molecular weight excluding hydrogens is 372 g/mol. The van der Waals surface area contributed by atoms with E-state index in [2.05, 4.69) is 11.6 Å². The summed E-state index contributed by atoms with van der Waals surface area (Å²) in [5.74, 6) is 0.338. The van der Waals surface area contributed by atoms with Crippen molar-refractivity contribution >= 4 is 34.6 Å². The number of carbonyl (C=O) groups excluding carboxylic acids is 1. The normalized spacial score (nSPS) is 16.8. The number of methoxy groups -OCH3 is 1. The van der Waals surface area contributed by atoms with Crippen molar-refractivity contribution in [2.75, 3.05) is 14.2 Å². The van der Waals surface area contributed by atoms with Crippen molar-refractivity contribution in [2.24, 2.45) is 4.99 Å². The van der Waals surface area contributed by atoms with E-state index in [0.717, 1.165) is 16.8 Å². The Labute approximate surface area is 169 Å². The molecule has 0 atom stereocenters. The van der Waals surface area contributed by atoms with Gasteiger partial charge in [0.1, 0.15) is 0 Å². The molecule has 1 saturated heterocycles. The number of amidine groups is 1. The third kappa shape index (κ3) is 4.12. The van der Waals surface area contributed by atoms with Crippen LogP contribution in [0.1, 0.15) is 16.7 Å². The first-order chi connectivity index (χ1) is 13.4. The zero-order valence-corrected chi connectivity index (χ0v) is 16.9. The van der Waals surface area contributed by atoms with Crippen LogP contribution in [0.25, 0.3) is 6.08 Å². The summed E-state index contributed by atoms with van der Waals surface area (Å²) >= 11 is 1.32. The molecule has 6 heteroatoms. The molecule has 1 N–H and O–H groups in total. The molecule has 1 aliphatic heterocycles. The summed E-state index contributed by atoms with van der Waals surface area (Å²) < 4.78 is 5.26. The van der Waals surface area contributed by atoms with Gasteiger partial charge in [0.25, 0.3) is 5.91 Å². The van der Waals surface area contributed by atoms with Gasteiger partial charge in [0.15, 0.2) is 16.7 Å². The van der Waals surface area contributed by atoms with Crippen LogP contribution in [0.15, 0.2) is 59.0 Å². The van der Waals surface area contributed by atoms with Crippen LogP contribution >= 0.6 is 11.8 Å². The predicted molar refractivity (Wildman–Crippen MR) is 115 cm³/mol. The molecule has 0 aromatic heterocycles. The molecule has 1 amide bonds. The number of allylic oxidation sites excluding steroid dienone is 1. The smallest absolute Gasteiger partial charge is 0.266 e. The lowest BCUT2D eigenvalue weighted by Crippen LogP contribution is -2.23. The highest BCUT2D eigenvalue weighted by atomic mass is 32.2. The molecule has 2 aromatic carbocycles. The van der Waals surface area contributed by atoms with E-state index in [9.17, 15) is 9.90 Å². The highest BCUT2D eigenvalue weighted by Crippen LogP contribution is 2.36. The van der Waals surface area contributed by atoms with E-state index < -0.39 is 0 Å². The summed E-state index contributed by atoms with van der Waals surface area (Å²) in [6, 6.07) is 11.4. The Balaban J connectivity index is 1.94. The van der Waals surface area contributed by atoms with E-state index in [1.807, 2.05) is 37.3 Å². The number of rotatable bonds is 5. The second kappa shape index (κ2) is 8.35. The fourth-order valence-corrected chi connectivity index (χ4v) is 3.76. The maximum absolute atomic E-state index is 12.7. The summed E-state index contributed by atoms with van der Waals surface area (Å²) in [4.78, 5) is 19.3. The number of aryl methyl sites for hydroxylation is 1. The molecule has 2 aromatic rings.